The molecular formula is C40H48ClFN6O10S. The lowest BCUT2D eigenvalue weighted by molar-refractivity contribution is -0.141. The maximum absolute atomic E-state index is 14.6. The molecule has 16 nitrogen and oxygen atoms in total. The lowest BCUT2D eigenvalue weighted by Crippen LogP contribution is -2.58. The van der Waals surface area contributed by atoms with E-state index in [2.05, 4.69) is 22.5 Å². The Balaban J connectivity index is 1.16. The van der Waals surface area contributed by atoms with Crippen molar-refractivity contribution in [3.05, 3.63) is 71.0 Å². The molecule has 5 aliphatic rings. The van der Waals surface area contributed by atoms with Crippen LogP contribution < -0.4 is 20.7 Å². The number of fused-ring (bicyclic) bond motifs is 3. The van der Waals surface area contributed by atoms with Crippen molar-refractivity contribution >= 4 is 57.2 Å². The molecule has 1 aliphatic carbocycles. The van der Waals surface area contributed by atoms with Gasteiger partial charge in [-0.1, -0.05) is 49.4 Å². The highest BCUT2D eigenvalue weighted by Crippen LogP contribution is 2.45. The minimum atomic E-state index is -4.67. The van der Waals surface area contributed by atoms with E-state index in [0.29, 0.717) is 43.9 Å². The number of carbonyl (C=O) groups is 5. The predicted octanol–water partition coefficient (Wildman–Crippen LogP) is 4.12. The standard InChI is InChI=1S/C40H48ClFN6O10S/c1-2-26-19-40(26)37(51)46-59(54,55)34-17-28(42)11-12-31(34)43-14-7-5-3-4-6-8-32(44-38(52)57-29-13-15-56-23-29)36(50)48-22-30(18-33(48)35(49)45-40)58-39(53)47-20-24-9-10-27(41)16-25(24)21-47/h2,9-12,16-17,26,29-30,32-33,43H,1,3-8,13-15,18-23H2,(H,44,52)(H,45,49)(H,46,51)/t26-,29-,30-,32+,33+,40-/m1/s1. The number of anilines is 1. The first-order valence-corrected chi connectivity index (χ1v) is 21.8. The van der Waals surface area contributed by atoms with E-state index in [0.717, 1.165) is 36.1 Å². The summed E-state index contributed by atoms with van der Waals surface area (Å²) in [7, 11) is -4.67. The third-order valence-corrected chi connectivity index (χ3v) is 13.1. The first kappa shape index (κ1) is 42.2. The van der Waals surface area contributed by atoms with Gasteiger partial charge >= 0.3 is 12.2 Å². The Bertz CT molecular complexity index is 2100. The number of nitrogens with zero attached hydrogens (tertiary/aromatic N) is 2. The summed E-state index contributed by atoms with van der Waals surface area (Å²) in [6, 6.07) is 6.10. The number of hydrogen-bond acceptors (Lipinski definition) is 11. The van der Waals surface area contributed by atoms with Crippen LogP contribution in [0.5, 0.6) is 0 Å². The van der Waals surface area contributed by atoms with E-state index in [-0.39, 0.29) is 51.2 Å². The second-order valence-electron chi connectivity index (χ2n) is 15.7. The quantitative estimate of drug-likeness (QED) is 0.323. The molecule has 0 aromatic heterocycles. The second kappa shape index (κ2) is 17.7. The van der Waals surface area contributed by atoms with Crippen molar-refractivity contribution in [2.24, 2.45) is 5.92 Å². The fraction of sp³-hybridized carbons (Fsp3) is 0.525. The summed E-state index contributed by atoms with van der Waals surface area (Å²) in [5.74, 6) is -4.04. The molecule has 318 valence electrons. The summed E-state index contributed by atoms with van der Waals surface area (Å²) in [5.41, 5.74) is 0.0701. The lowest BCUT2D eigenvalue weighted by atomic mass is 10.0. The van der Waals surface area contributed by atoms with Gasteiger partial charge in [0.2, 0.25) is 11.8 Å². The monoisotopic (exact) mass is 858 g/mol. The third-order valence-electron chi connectivity index (χ3n) is 11.5. The molecule has 2 aromatic carbocycles. The normalized spacial score (nSPS) is 28.6. The molecule has 0 unspecified atom stereocenters. The predicted molar refractivity (Wildman–Crippen MR) is 211 cm³/mol. The van der Waals surface area contributed by atoms with Crippen molar-refractivity contribution in [3.8, 4) is 0 Å². The molecule has 1 saturated carbocycles. The van der Waals surface area contributed by atoms with Crippen LogP contribution in [-0.4, -0.2) is 104 Å². The third kappa shape index (κ3) is 9.60. The molecule has 1 spiro atoms. The van der Waals surface area contributed by atoms with E-state index in [1.54, 1.807) is 12.1 Å². The Labute approximate surface area is 346 Å². The van der Waals surface area contributed by atoms with E-state index in [4.69, 9.17) is 25.8 Å². The average molecular weight is 859 g/mol. The number of nitrogens with one attached hydrogen (secondary N) is 4. The Morgan fingerprint density at radius 2 is 1.78 bits per heavy atom. The minimum absolute atomic E-state index is 0.0165. The summed E-state index contributed by atoms with van der Waals surface area (Å²) < 4.78 is 60.6. The summed E-state index contributed by atoms with van der Waals surface area (Å²) in [6.45, 7) is 5.05. The number of rotatable bonds is 4. The van der Waals surface area contributed by atoms with Crippen LogP contribution in [0.25, 0.3) is 0 Å². The Morgan fingerprint density at radius 1 is 1.00 bits per heavy atom. The molecule has 4 N–H and O–H groups in total. The Morgan fingerprint density at radius 3 is 2.54 bits per heavy atom. The van der Waals surface area contributed by atoms with Crippen LogP contribution in [-0.2, 0) is 51.7 Å². The minimum Gasteiger partial charge on any atom is -0.444 e. The fourth-order valence-corrected chi connectivity index (χ4v) is 9.60. The van der Waals surface area contributed by atoms with Gasteiger partial charge in [0.05, 0.1) is 25.4 Å². The number of halogens is 2. The van der Waals surface area contributed by atoms with Gasteiger partial charge in [-0.2, -0.15) is 0 Å². The first-order valence-electron chi connectivity index (χ1n) is 19.9. The van der Waals surface area contributed by atoms with Crippen LogP contribution >= 0.6 is 11.6 Å². The molecule has 4 heterocycles. The van der Waals surface area contributed by atoms with Gasteiger partial charge in [-0.15, -0.1) is 6.58 Å². The zero-order valence-electron chi connectivity index (χ0n) is 32.4. The van der Waals surface area contributed by atoms with Crippen molar-refractivity contribution in [1.82, 2.24) is 25.2 Å². The number of benzene rings is 2. The number of alkyl carbamates (subject to hydrolysis) is 1. The first-order chi connectivity index (χ1) is 28.3. The summed E-state index contributed by atoms with van der Waals surface area (Å²) >= 11 is 6.17. The summed E-state index contributed by atoms with van der Waals surface area (Å²) in [5, 5.41) is 8.95. The number of ether oxygens (including phenoxy) is 3. The number of amides is 5. The van der Waals surface area contributed by atoms with E-state index in [9.17, 15) is 36.8 Å². The van der Waals surface area contributed by atoms with Crippen LogP contribution in [0, 0.1) is 11.7 Å². The molecule has 0 bridgehead atoms. The van der Waals surface area contributed by atoms with Gasteiger partial charge in [0.15, 0.2) is 0 Å². The van der Waals surface area contributed by atoms with Crippen LogP contribution in [0.15, 0.2) is 53.9 Å². The van der Waals surface area contributed by atoms with E-state index >= 15 is 0 Å². The summed E-state index contributed by atoms with van der Waals surface area (Å²) in [6.07, 6.45) is 2.27. The maximum atomic E-state index is 14.6. The molecule has 59 heavy (non-hydrogen) atoms. The van der Waals surface area contributed by atoms with E-state index < -0.39 is 86.4 Å². The van der Waals surface area contributed by atoms with Crippen LogP contribution in [0.3, 0.4) is 0 Å². The Hall–Kier alpha value is -4.94. The highest BCUT2D eigenvalue weighted by Gasteiger charge is 2.61. The van der Waals surface area contributed by atoms with Crippen molar-refractivity contribution in [2.75, 3.05) is 31.6 Å². The zero-order chi connectivity index (χ0) is 41.9. The maximum Gasteiger partial charge on any atom is 0.410 e. The second-order valence-corrected chi connectivity index (χ2v) is 17.8. The molecule has 19 heteroatoms. The molecule has 6 atom stereocenters. The highest BCUT2D eigenvalue weighted by molar-refractivity contribution is 7.90. The largest absolute Gasteiger partial charge is 0.444 e. The van der Waals surface area contributed by atoms with Crippen molar-refractivity contribution in [3.63, 3.8) is 0 Å². The van der Waals surface area contributed by atoms with Crippen LogP contribution in [0.2, 0.25) is 5.02 Å². The smallest absolute Gasteiger partial charge is 0.410 e. The average Bonchev–Trinajstić information content (AvgIpc) is 3.58. The van der Waals surface area contributed by atoms with E-state index in [1.807, 2.05) is 10.8 Å². The van der Waals surface area contributed by atoms with Crippen LogP contribution in [0.4, 0.5) is 19.7 Å². The zero-order valence-corrected chi connectivity index (χ0v) is 34.0. The molecule has 3 fully saturated rings. The molecule has 0 radical (unpaired) electrons. The van der Waals surface area contributed by atoms with Gasteiger partial charge in [-0.25, -0.2) is 27.1 Å². The topological polar surface area (TPSA) is 202 Å². The number of hydrogen-bond donors (Lipinski definition) is 4. The van der Waals surface area contributed by atoms with Gasteiger partial charge in [-0.3, -0.25) is 19.3 Å². The fourth-order valence-electron chi connectivity index (χ4n) is 8.17. The highest BCUT2D eigenvalue weighted by atomic mass is 35.5. The summed E-state index contributed by atoms with van der Waals surface area (Å²) in [4.78, 5) is 71.8. The molecule has 5 amide bonds. The number of carbonyl (C=O) groups excluding carboxylic acids is 5. The lowest BCUT2D eigenvalue weighted by Gasteiger charge is -2.30. The van der Waals surface area contributed by atoms with Crippen molar-refractivity contribution in [2.45, 2.75) is 106 Å². The molecule has 4 aliphatic heterocycles. The van der Waals surface area contributed by atoms with E-state index in [1.165, 1.54) is 21.9 Å². The Kier molecular flexibility index (Phi) is 12.7. The van der Waals surface area contributed by atoms with Gasteiger partial charge in [0.1, 0.15) is 40.5 Å². The van der Waals surface area contributed by atoms with Crippen LogP contribution in [0.1, 0.15) is 68.9 Å². The van der Waals surface area contributed by atoms with Crippen molar-refractivity contribution in [1.29, 1.82) is 0 Å². The SMILES string of the molecule is C=C[C@@H]1C[C@@]12NC(=O)[C@@H]1C[C@@H](OC(=O)N3Cc4ccc(Cl)cc4C3)CN1C(=O)[C@@H](NC(=O)O[C@@H]1CCOC1)CCCCCCCNc1ccc(F)cc1S(=O)(=O)NC2=O. The molecule has 2 saturated heterocycles. The van der Waals surface area contributed by atoms with Crippen molar-refractivity contribution < 1.29 is 51.0 Å². The van der Waals surface area contributed by atoms with Gasteiger partial charge in [0.25, 0.3) is 15.9 Å². The van der Waals surface area contributed by atoms with Gasteiger partial charge < -0.3 is 35.1 Å². The molecular weight excluding hydrogens is 811 g/mol. The van der Waals surface area contributed by atoms with Gasteiger partial charge in [0, 0.05) is 43.4 Å². The number of sulfonamides is 1. The molecule has 7 rings (SSSR count). The van der Waals surface area contributed by atoms with Gasteiger partial charge in [-0.05, 0) is 60.7 Å². The molecule has 2 aromatic rings.